The van der Waals surface area contributed by atoms with Crippen molar-refractivity contribution >= 4 is 39.2 Å². The lowest BCUT2D eigenvalue weighted by Crippen LogP contribution is -2.35. The smallest absolute Gasteiger partial charge is 0.338 e. The van der Waals surface area contributed by atoms with Gasteiger partial charge in [0.05, 0.1) is 21.2 Å². The Kier molecular flexibility index (Phi) is 7.35. The molecule has 0 bridgehead atoms. The molecule has 166 valence electrons. The van der Waals surface area contributed by atoms with E-state index >= 15 is 0 Å². The summed E-state index contributed by atoms with van der Waals surface area (Å²) in [5.74, 6) is -1.24. The molecule has 0 saturated carbocycles. The molecule has 3 rings (SSSR count). The Morgan fingerprint density at radius 2 is 1.81 bits per heavy atom. The van der Waals surface area contributed by atoms with Gasteiger partial charge in [-0.25, -0.2) is 13.2 Å². The van der Waals surface area contributed by atoms with Crippen LogP contribution < -0.4 is 5.32 Å². The molecule has 0 aliphatic carbocycles. The molecule has 0 spiro atoms. The maximum atomic E-state index is 12.9. The standard InChI is InChI=1S/C22H25ClN2O5S/c1-15-7-6-8-17(13-15)22(27)30-16(2)21(26)24-20-14-18(9-10-19(20)23)31(28,29)25-11-4-3-5-12-25/h6-10,13-14,16H,3-5,11-12H2,1-2H3,(H,24,26). The number of halogens is 1. The van der Waals surface area contributed by atoms with E-state index in [1.165, 1.54) is 29.4 Å². The Hall–Kier alpha value is -2.42. The Morgan fingerprint density at radius 3 is 2.48 bits per heavy atom. The van der Waals surface area contributed by atoms with Crippen LogP contribution in [0.2, 0.25) is 5.02 Å². The lowest BCUT2D eigenvalue weighted by atomic mass is 10.1. The van der Waals surface area contributed by atoms with Crippen molar-refractivity contribution in [2.75, 3.05) is 18.4 Å². The third-order valence-electron chi connectivity index (χ3n) is 5.06. The predicted octanol–water partition coefficient (Wildman–Crippen LogP) is 4.01. The fraction of sp³-hybridized carbons (Fsp3) is 0.364. The first-order valence-corrected chi connectivity index (χ1v) is 11.9. The SMILES string of the molecule is Cc1cccc(C(=O)OC(C)C(=O)Nc2cc(S(=O)(=O)N3CCCCC3)ccc2Cl)c1. The van der Waals surface area contributed by atoms with Gasteiger partial charge in [0.1, 0.15) is 0 Å². The van der Waals surface area contributed by atoms with Gasteiger partial charge in [0.2, 0.25) is 10.0 Å². The molecule has 1 aliphatic rings. The fourth-order valence-electron chi connectivity index (χ4n) is 3.30. The summed E-state index contributed by atoms with van der Waals surface area (Å²) in [5.41, 5.74) is 1.38. The number of benzene rings is 2. The van der Waals surface area contributed by atoms with Crippen LogP contribution in [0.25, 0.3) is 0 Å². The van der Waals surface area contributed by atoms with Crippen LogP contribution in [0.3, 0.4) is 0 Å². The van der Waals surface area contributed by atoms with Crippen molar-refractivity contribution in [3.05, 3.63) is 58.6 Å². The zero-order chi connectivity index (χ0) is 22.6. The zero-order valence-corrected chi connectivity index (χ0v) is 19.0. The van der Waals surface area contributed by atoms with Crippen molar-refractivity contribution in [3.8, 4) is 0 Å². The maximum absolute atomic E-state index is 12.9. The minimum absolute atomic E-state index is 0.0542. The van der Waals surface area contributed by atoms with Gasteiger partial charge in [-0.05, 0) is 57.0 Å². The fourth-order valence-corrected chi connectivity index (χ4v) is 5.01. The highest BCUT2D eigenvalue weighted by Crippen LogP contribution is 2.28. The van der Waals surface area contributed by atoms with Crippen LogP contribution in [0.1, 0.15) is 42.1 Å². The Morgan fingerprint density at radius 1 is 1.10 bits per heavy atom. The van der Waals surface area contributed by atoms with Crippen LogP contribution in [0.15, 0.2) is 47.4 Å². The van der Waals surface area contributed by atoms with Gasteiger partial charge in [-0.1, -0.05) is 35.7 Å². The number of rotatable bonds is 6. The lowest BCUT2D eigenvalue weighted by Gasteiger charge is -2.26. The second-order valence-electron chi connectivity index (χ2n) is 7.51. The van der Waals surface area contributed by atoms with Gasteiger partial charge in [0.15, 0.2) is 6.10 Å². The largest absolute Gasteiger partial charge is 0.449 e. The van der Waals surface area contributed by atoms with Gasteiger partial charge >= 0.3 is 5.97 Å². The molecule has 1 unspecified atom stereocenters. The van der Waals surface area contributed by atoms with Gasteiger partial charge in [-0.15, -0.1) is 0 Å². The van der Waals surface area contributed by atoms with Crippen LogP contribution in [0, 0.1) is 6.92 Å². The molecule has 1 amide bonds. The van der Waals surface area contributed by atoms with Crippen LogP contribution >= 0.6 is 11.6 Å². The average molecular weight is 465 g/mol. The number of esters is 1. The number of amides is 1. The maximum Gasteiger partial charge on any atom is 0.338 e. The number of sulfonamides is 1. The molecule has 1 heterocycles. The summed E-state index contributed by atoms with van der Waals surface area (Å²) >= 11 is 6.17. The van der Waals surface area contributed by atoms with E-state index < -0.39 is 28.0 Å². The number of carbonyl (C=O) groups is 2. The van der Waals surface area contributed by atoms with E-state index in [0.717, 1.165) is 24.8 Å². The van der Waals surface area contributed by atoms with E-state index in [0.29, 0.717) is 18.7 Å². The van der Waals surface area contributed by atoms with Gasteiger partial charge < -0.3 is 10.1 Å². The molecule has 7 nitrogen and oxygen atoms in total. The van der Waals surface area contributed by atoms with Gasteiger partial charge in [0, 0.05) is 13.1 Å². The third kappa shape index (κ3) is 5.64. The summed E-state index contributed by atoms with van der Waals surface area (Å²) in [7, 11) is -3.68. The van der Waals surface area contributed by atoms with E-state index in [1.807, 2.05) is 13.0 Å². The molecule has 1 N–H and O–H groups in total. The van der Waals surface area contributed by atoms with Crippen molar-refractivity contribution < 1.29 is 22.7 Å². The van der Waals surface area contributed by atoms with E-state index in [-0.39, 0.29) is 15.6 Å². The number of ether oxygens (including phenoxy) is 1. The number of nitrogens with zero attached hydrogens (tertiary/aromatic N) is 1. The summed E-state index contributed by atoms with van der Waals surface area (Å²) in [5, 5.41) is 2.75. The van der Waals surface area contributed by atoms with E-state index in [4.69, 9.17) is 16.3 Å². The molecular formula is C22H25ClN2O5S. The number of hydrogen-bond donors (Lipinski definition) is 1. The van der Waals surface area contributed by atoms with Crippen molar-refractivity contribution in [3.63, 3.8) is 0 Å². The second kappa shape index (κ2) is 9.80. The molecule has 0 radical (unpaired) electrons. The van der Waals surface area contributed by atoms with Gasteiger partial charge in [0.25, 0.3) is 5.91 Å². The molecule has 31 heavy (non-hydrogen) atoms. The first kappa shape index (κ1) is 23.2. The van der Waals surface area contributed by atoms with Crippen molar-refractivity contribution in [2.45, 2.75) is 44.1 Å². The number of piperidine rings is 1. The van der Waals surface area contributed by atoms with Crippen LogP contribution in [0.5, 0.6) is 0 Å². The Labute approximate surface area is 187 Å². The highest BCUT2D eigenvalue weighted by molar-refractivity contribution is 7.89. The summed E-state index contributed by atoms with van der Waals surface area (Å²) in [4.78, 5) is 24.9. The van der Waals surface area contributed by atoms with Crippen LogP contribution in [-0.4, -0.2) is 43.8 Å². The number of hydrogen-bond acceptors (Lipinski definition) is 5. The molecule has 2 aromatic rings. The monoisotopic (exact) mass is 464 g/mol. The zero-order valence-electron chi connectivity index (χ0n) is 17.4. The van der Waals surface area contributed by atoms with Gasteiger partial charge in [-0.3, -0.25) is 4.79 Å². The number of anilines is 1. The lowest BCUT2D eigenvalue weighted by molar-refractivity contribution is -0.123. The molecule has 0 aromatic heterocycles. The van der Waals surface area contributed by atoms with Crippen molar-refractivity contribution in [1.82, 2.24) is 4.31 Å². The Bertz CT molecular complexity index is 1080. The van der Waals surface area contributed by atoms with E-state index in [9.17, 15) is 18.0 Å². The normalized spacial score (nSPS) is 15.8. The number of carbonyl (C=O) groups excluding carboxylic acids is 2. The van der Waals surface area contributed by atoms with E-state index in [1.54, 1.807) is 18.2 Å². The summed E-state index contributed by atoms with van der Waals surface area (Å²) in [6, 6.07) is 11.0. The summed E-state index contributed by atoms with van der Waals surface area (Å²) in [6.07, 6.45) is 1.54. The first-order chi connectivity index (χ1) is 14.7. The molecular weight excluding hydrogens is 440 g/mol. The van der Waals surface area contributed by atoms with Crippen LogP contribution in [0.4, 0.5) is 5.69 Å². The molecule has 1 saturated heterocycles. The Balaban J connectivity index is 1.72. The molecule has 9 heteroatoms. The van der Waals surface area contributed by atoms with E-state index in [2.05, 4.69) is 5.32 Å². The molecule has 1 aliphatic heterocycles. The van der Waals surface area contributed by atoms with Crippen molar-refractivity contribution in [2.24, 2.45) is 0 Å². The quantitative estimate of drug-likeness (QED) is 0.652. The molecule has 1 atom stereocenters. The van der Waals surface area contributed by atoms with Crippen LogP contribution in [-0.2, 0) is 19.6 Å². The molecule has 2 aromatic carbocycles. The average Bonchev–Trinajstić information content (AvgIpc) is 2.75. The number of nitrogens with one attached hydrogen (secondary N) is 1. The highest BCUT2D eigenvalue weighted by atomic mass is 35.5. The predicted molar refractivity (Wildman–Crippen MR) is 119 cm³/mol. The topological polar surface area (TPSA) is 92.8 Å². The minimum atomic E-state index is -3.68. The highest BCUT2D eigenvalue weighted by Gasteiger charge is 2.27. The summed E-state index contributed by atoms with van der Waals surface area (Å²) in [6.45, 7) is 4.22. The van der Waals surface area contributed by atoms with Gasteiger partial charge in [-0.2, -0.15) is 4.31 Å². The second-order valence-corrected chi connectivity index (χ2v) is 9.86. The first-order valence-electron chi connectivity index (χ1n) is 10.1. The number of aryl methyl sites for hydroxylation is 1. The minimum Gasteiger partial charge on any atom is -0.449 e. The third-order valence-corrected chi connectivity index (χ3v) is 7.28. The summed E-state index contributed by atoms with van der Waals surface area (Å²) < 4.78 is 32.5. The van der Waals surface area contributed by atoms with Crippen molar-refractivity contribution in [1.29, 1.82) is 0 Å². The molecule has 1 fully saturated rings.